The summed E-state index contributed by atoms with van der Waals surface area (Å²) in [6.07, 6.45) is 0.621. The van der Waals surface area contributed by atoms with Gasteiger partial charge in [-0.05, 0) is 42.2 Å². The number of sulfonamides is 1. The van der Waals surface area contributed by atoms with E-state index in [1.165, 1.54) is 12.1 Å². The second kappa shape index (κ2) is 9.35. The number of nitrogens with one attached hydrogen (secondary N) is 3. The molecule has 0 fully saturated rings. The molecule has 0 unspecified atom stereocenters. The Morgan fingerprint density at radius 3 is 2.27 bits per heavy atom. The van der Waals surface area contributed by atoms with Gasteiger partial charge < -0.3 is 10.6 Å². The molecule has 0 saturated heterocycles. The molecule has 0 spiro atoms. The van der Waals surface area contributed by atoms with Crippen LogP contribution in [0.2, 0.25) is 0 Å². The topological polar surface area (TPSA) is 87.3 Å². The van der Waals surface area contributed by atoms with Crippen LogP contribution >= 0.6 is 0 Å². The summed E-state index contributed by atoms with van der Waals surface area (Å²) >= 11 is 0. The molecule has 0 aliphatic heterocycles. The maximum absolute atomic E-state index is 12.3. The highest BCUT2D eigenvalue weighted by Crippen LogP contribution is 2.14. The van der Waals surface area contributed by atoms with Gasteiger partial charge in [0.1, 0.15) is 0 Å². The highest BCUT2D eigenvalue weighted by atomic mass is 32.2. The second-order valence-electron chi connectivity index (χ2n) is 6.39. The third-order valence-corrected chi connectivity index (χ3v) is 5.12. The smallest absolute Gasteiger partial charge is 0.319 e. The van der Waals surface area contributed by atoms with Crippen molar-refractivity contribution in [3.05, 3.63) is 60.2 Å². The monoisotopic (exact) mass is 375 g/mol. The van der Waals surface area contributed by atoms with E-state index in [-0.39, 0.29) is 10.9 Å². The average molecular weight is 375 g/mol. The zero-order valence-electron chi connectivity index (χ0n) is 15.0. The molecule has 7 heteroatoms. The first-order chi connectivity index (χ1) is 12.4. The first-order valence-electron chi connectivity index (χ1n) is 8.55. The number of carbonyl (C=O) groups is 1. The molecule has 0 aliphatic carbocycles. The van der Waals surface area contributed by atoms with Gasteiger partial charge in [0.05, 0.1) is 4.90 Å². The number of hydrogen-bond donors (Lipinski definition) is 3. The average Bonchev–Trinajstić information content (AvgIpc) is 2.61. The molecule has 0 aliphatic rings. The third kappa shape index (κ3) is 6.50. The highest BCUT2D eigenvalue weighted by Gasteiger charge is 2.13. The van der Waals surface area contributed by atoms with E-state index in [0.29, 0.717) is 31.1 Å². The van der Waals surface area contributed by atoms with E-state index in [9.17, 15) is 13.2 Å². The van der Waals surface area contributed by atoms with Crippen molar-refractivity contribution in [2.75, 3.05) is 18.4 Å². The summed E-state index contributed by atoms with van der Waals surface area (Å²) < 4.78 is 27.2. The van der Waals surface area contributed by atoms with Crippen LogP contribution in [-0.2, 0) is 16.4 Å². The number of urea groups is 1. The molecule has 140 valence electrons. The van der Waals surface area contributed by atoms with Crippen molar-refractivity contribution < 1.29 is 13.2 Å². The number of rotatable bonds is 8. The summed E-state index contributed by atoms with van der Waals surface area (Å²) in [6, 6.07) is 15.5. The van der Waals surface area contributed by atoms with Gasteiger partial charge in [-0.15, -0.1) is 0 Å². The Labute approximate surface area is 155 Å². The van der Waals surface area contributed by atoms with Gasteiger partial charge in [-0.2, -0.15) is 0 Å². The molecule has 2 aromatic rings. The molecular formula is C19H25N3O3S. The van der Waals surface area contributed by atoms with Crippen LogP contribution in [0.15, 0.2) is 59.5 Å². The molecular weight excluding hydrogens is 350 g/mol. The van der Waals surface area contributed by atoms with Crippen molar-refractivity contribution >= 4 is 21.7 Å². The van der Waals surface area contributed by atoms with Gasteiger partial charge in [0.15, 0.2) is 0 Å². The largest absolute Gasteiger partial charge is 0.338 e. The Kier molecular flexibility index (Phi) is 7.17. The molecule has 3 N–H and O–H groups in total. The van der Waals surface area contributed by atoms with Crippen molar-refractivity contribution in [1.29, 1.82) is 0 Å². The molecule has 0 aromatic heterocycles. The van der Waals surface area contributed by atoms with Crippen LogP contribution in [0.4, 0.5) is 10.5 Å². The molecule has 0 atom stereocenters. The van der Waals surface area contributed by atoms with Crippen LogP contribution in [0, 0.1) is 5.92 Å². The fourth-order valence-electron chi connectivity index (χ4n) is 2.25. The lowest BCUT2D eigenvalue weighted by Crippen LogP contribution is -2.31. The van der Waals surface area contributed by atoms with E-state index >= 15 is 0 Å². The van der Waals surface area contributed by atoms with E-state index < -0.39 is 10.0 Å². The molecule has 26 heavy (non-hydrogen) atoms. The minimum atomic E-state index is -3.58. The maximum Gasteiger partial charge on any atom is 0.319 e. The lowest BCUT2D eigenvalue weighted by Gasteiger charge is -2.10. The second-order valence-corrected chi connectivity index (χ2v) is 8.15. The minimum absolute atomic E-state index is 0.165. The van der Waals surface area contributed by atoms with Gasteiger partial charge in [0.2, 0.25) is 10.0 Å². The summed E-state index contributed by atoms with van der Waals surface area (Å²) in [7, 11) is -3.58. The van der Waals surface area contributed by atoms with Crippen LogP contribution in [0.1, 0.15) is 19.4 Å². The van der Waals surface area contributed by atoms with Gasteiger partial charge >= 0.3 is 6.03 Å². The van der Waals surface area contributed by atoms with Crippen molar-refractivity contribution in [2.24, 2.45) is 5.92 Å². The van der Waals surface area contributed by atoms with Crippen LogP contribution in [-0.4, -0.2) is 27.5 Å². The van der Waals surface area contributed by atoms with Crippen molar-refractivity contribution in [2.45, 2.75) is 25.2 Å². The first-order valence-corrected chi connectivity index (χ1v) is 10.0. The molecule has 2 amide bonds. The molecule has 6 nitrogen and oxygen atoms in total. The molecule has 0 saturated carbocycles. The third-order valence-electron chi connectivity index (χ3n) is 3.64. The van der Waals surface area contributed by atoms with E-state index in [2.05, 4.69) is 15.4 Å². The molecule has 0 bridgehead atoms. The number of hydrogen-bond acceptors (Lipinski definition) is 3. The predicted molar refractivity (Wildman–Crippen MR) is 104 cm³/mol. The normalized spacial score (nSPS) is 11.3. The lowest BCUT2D eigenvalue weighted by molar-refractivity contribution is 0.251. The summed E-state index contributed by atoms with van der Waals surface area (Å²) in [4.78, 5) is 11.9. The quantitative estimate of drug-likeness (QED) is 0.663. The Morgan fingerprint density at radius 2 is 1.65 bits per heavy atom. The van der Waals surface area contributed by atoms with Gasteiger partial charge in [0.25, 0.3) is 0 Å². The summed E-state index contributed by atoms with van der Waals surface area (Å²) in [5.74, 6) is 0.357. The van der Waals surface area contributed by atoms with Crippen molar-refractivity contribution in [1.82, 2.24) is 10.0 Å². The van der Waals surface area contributed by atoms with Gasteiger partial charge in [-0.1, -0.05) is 44.2 Å². The minimum Gasteiger partial charge on any atom is -0.338 e. The summed E-state index contributed by atoms with van der Waals surface area (Å²) in [6.45, 7) is 4.91. The first kappa shape index (κ1) is 19.9. The van der Waals surface area contributed by atoms with Crippen LogP contribution in [0.3, 0.4) is 0 Å². The zero-order chi connectivity index (χ0) is 19.0. The fourth-order valence-corrected chi connectivity index (χ4v) is 3.28. The Morgan fingerprint density at radius 1 is 1.00 bits per heavy atom. The number of benzene rings is 2. The zero-order valence-corrected chi connectivity index (χ0v) is 15.8. The Balaban J connectivity index is 1.88. The lowest BCUT2D eigenvalue weighted by atomic mass is 10.2. The predicted octanol–water partition coefficient (Wildman–Crippen LogP) is 2.99. The van der Waals surface area contributed by atoms with E-state index in [1.54, 1.807) is 12.1 Å². The molecule has 0 radical (unpaired) electrons. The van der Waals surface area contributed by atoms with E-state index in [1.807, 2.05) is 44.2 Å². The molecule has 0 heterocycles. The number of anilines is 1. The van der Waals surface area contributed by atoms with Crippen molar-refractivity contribution in [3.8, 4) is 0 Å². The summed E-state index contributed by atoms with van der Waals surface area (Å²) in [5, 5.41) is 5.41. The number of carbonyl (C=O) groups excluding carboxylic acids is 1. The Hall–Kier alpha value is -2.38. The van der Waals surface area contributed by atoms with Crippen LogP contribution < -0.4 is 15.4 Å². The van der Waals surface area contributed by atoms with E-state index in [0.717, 1.165) is 5.56 Å². The van der Waals surface area contributed by atoms with Crippen LogP contribution in [0.25, 0.3) is 0 Å². The van der Waals surface area contributed by atoms with Gasteiger partial charge in [-0.25, -0.2) is 17.9 Å². The van der Waals surface area contributed by atoms with Gasteiger partial charge in [0, 0.05) is 18.8 Å². The molecule has 2 aromatic carbocycles. The Bertz CT molecular complexity index is 804. The SMILES string of the molecule is CC(C)CNC(=O)Nc1ccc(S(=O)(=O)NCCc2ccccc2)cc1. The summed E-state index contributed by atoms with van der Waals surface area (Å²) in [5.41, 5.74) is 1.61. The standard InChI is InChI=1S/C19H25N3O3S/c1-15(2)14-20-19(23)22-17-8-10-18(11-9-17)26(24,25)21-13-12-16-6-4-3-5-7-16/h3-11,15,21H,12-14H2,1-2H3,(H2,20,22,23). The fraction of sp³-hybridized carbons (Fsp3) is 0.316. The molecule has 2 rings (SSSR count). The van der Waals surface area contributed by atoms with Gasteiger partial charge in [-0.3, -0.25) is 0 Å². The van der Waals surface area contributed by atoms with E-state index in [4.69, 9.17) is 0 Å². The number of amides is 2. The maximum atomic E-state index is 12.3. The highest BCUT2D eigenvalue weighted by molar-refractivity contribution is 7.89. The van der Waals surface area contributed by atoms with Crippen molar-refractivity contribution in [3.63, 3.8) is 0 Å². The van der Waals surface area contributed by atoms with Crippen LogP contribution in [0.5, 0.6) is 0 Å².